The molecule has 0 heterocycles. The van der Waals surface area contributed by atoms with Gasteiger partial charge >= 0.3 is 0 Å². The van der Waals surface area contributed by atoms with E-state index in [4.69, 9.17) is 0 Å². The van der Waals surface area contributed by atoms with Gasteiger partial charge in [-0.2, -0.15) is 0 Å². The molecule has 0 aliphatic carbocycles. The quantitative estimate of drug-likeness (QED) is 0.496. The lowest BCUT2D eigenvalue weighted by atomic mass is 10.0. The van der Waals surface area contributed by atoms with Crippen molar-refractivity contribution in [1.29, 1.82) is 0 Å². The third-order valence-electron chi connectivity index (χ3n) is 2.93. The molecule has 0 atom stereocenters. The number of carbonyl (C=O) groups excluding carboxylic acids is 1. The maximum absolute atomic E-state index is 13.4. The van der Waals surface area contributed by atoms with E-state index < -0.39 is 5.82 Å². The van der Waals surface area contributed by atoms with E-state index >= 15 is 0 Å². The van der Waals surface area contributed by atoms with Crippen LogP contribution in [0.15, 0.2) is 18.2 Å². The van der Waals surface area contributed by atoms with Gasteiger partial charge in [0.15, 0.2) is 5.78 Å². The van der Waals surface area contributed by atoms with Crippen LogP contribution >= 0.6 is 0 Å². The Morgan fingerprint density at radius 2 is 1.88 bits per heavy atom. The summed E-state index contributed by atoms with van der Waals surface area (Å²) in [7, 11) is 0. The molecule has 0 bridgehead atoms. The highest BCUT2D eigenvalue weighted by Crippen LogP contribution is 2.14. The number of hydrogen-bond acceptors (Lipinski definition) is 1. The number of ketones is 1. The first-order chi connectivity index (χ1) is 8.15. The lowest BCUT2D eigenvalue weighted by Crippen LogP contribution is -2.02. The number of benzene rings is 1. The fraction of sp³-hybridized carbons (Fsp3) is 0.533. The van der Waals surface area contributed by atoms with Crippen molar-refractivity contribution in [3.8, 4) is 0 Å². The van der Waals surface area contributed by atoms with E-state index in [1.54, 1.807) is 12.1 Å². The summed E-state index contributed by atoms with van der Waals surface area (Å²) in [5.41, 5.74) is 1.18. The Hall–Kier alpha value is -1.18. The van der Waals surface area contributed by atoms with Crippen LogP contribution in [0.1, 0.15) is 61.4 Å². The first-order valence-electron chi connectivity index (χ1n) is 6.44. The first kappa shape index (κ1) is 13.9. The monoisotopic (exact) mass is 236 g/mol. The van der Waals surface area contributed by atoms with Crippen molar-refractivity contribution in [1.82, 2.24) is 0 Å². The molecule has 0 aromatic heterocycles. The average Bonchev–Trinajstić information content (AvgIpc) is 2.32. The molecular weight excluding hydrogens is 215 g/mol. The van der Waals surface area contributed by atoms with Crippen LogP contribution in [-0.2, 0) is 0 Å². The van der Waals surface area contributed by atoms with E-state index in [0.717, 1.165) is 18.4 Å². The predicted molar refractivity (Wildman–Crippen MR) is 68.8 cm³/mol. The molecule has 0 aliphatic heterocycles. The van der Waals surface area contributed by atoms with Gasteiger partial charge in [0.25, 0.3) is 0 Å². The van der Waals surface area contributed by atoms with Crippen molar-refractivity contribution < 1.29 is 9.18 Å². The minimum atomic E-state index is -0.394. The molecule has 0 amide bonds. The van der Waals surface area contributed by atoms with E-state index in [1.165, 1.54) is 25.3 Å². The van der Waals surface area contributed by atoms with Gasteiger partial charge < -0.3 is 0 Å². The molecule has 1 aromatic rings. The molecule has 0 spiro atoms. The molecular formula is C15H21FO. The number of unbranched alkanes of at least 4 members (excludes halogenated alkanes) is 4. The second-order valence-corrected chi connectivity index (χ2v) is 4.57. The van der Waals surface area contributed by atoms with Gasteiger partial charge in [0.05, 0.1) is 5.56 Å². The van der Waals surface area contributed by atoms with E-state index in [2.05, 4.69) is 6.92 Å². The first-order valence-corrected chi connectivity index (χ1v) is 6.44. The van der Waals surface area contributed by atoms with Gasteiger partial charge in [0.1, 0.15) is 5.82 Å². The lowest BCUT2D eigenvalue weighted by Gasteiger charge is -2.04. The summed E-state index contributed by atoms with van der Waals surface area (Å²) in [4.78, 5) is 11.8. The van der Waals surface area contributed by atoms with Crippen molar-refractivity contribution in [2.24, 2.45) is 0 Å². The van der Waals surface area contributed by atoms with Gasteiger partial charge in [0.2, 0.25) is 0 Å². The second kappa shape index (κ2) is 7.21. The zero-order valence-electron chi connectivity index (χ0n) is 10.8. The molecule has 1 nitrogen and oxygen atoms in total. The molecule has 0 fully saturated rings. The van der Waals surface area contributed by atoms with Crippen LogP contribution in [0.5, 0.6) is 0 Å². The van der Waals surface area contributed by atoms with Crippen LogP contribution in [0.3, 0.4) is 0 Å². The molecule has 0 saturated carbocycles. The molecule has 2 heteroatoms. The smallest absolute Gasteiger partial charge is 0.165 e. The maximum atomic E-state index is 13.4. The van der Waals surface area contributed by atoms with Gasteiger partial charge in [-0.1, -0.05) is 44.2 Å². The third-order valence-corrected chi connectivity index (χ3v) is 2.93. The van der Waals surface area contributed by atoms with Crippen molar-refractivity contribution in [3.63, 3.8) is 0 Å². The van der Waals surface area contributed by atoms with Crippen molar-refractivity contribution in [2.45, 2.75) is 52.4 Å². The number of Topliss-reactive ketones (excluding diaryl/α,β-unsaturated/α-hetero) is 1. The van der Waals surface area contributed by atoms with Crippen LogP contribution < -0.4 is 0 Å². The van der Waals surface area contributed by atoms with Crippen molar-refractivity contribution in [3.05, 3.63) is 35.1 Å². The topological polar surface area (TPSA) is 17.1 Å². The fourth-order valence-electron chi connectivity index (χ4n) is 1.88. The number of carbonyl (C=O) groups is 1. The van der Waals surface area contributed by atoms with Crippen LogP contribution in [0, 0.1) is 12.7 Å². The van der Waals surface area contributed by atoms with Crippen LogP contribution in [0.25, 0.3) is 0 Å². The Kier molecular flexibility index (Phi) is 5.88. The predicted octanol–water partition coefficient (Wildman–Crippen LogP) is 4.68. The molecule has 0 saturated heterocycles. The Balaban J connectivity index is 2.44. The highest BCUT2D eigenvalue weighted by atomic mass is 19.1. The Morgan fingerprint density at radius 1 is 1.18 bits per heavy atom. The highest BCUT2D eigenvalue weighted by molar-refractivity contribution is 5.96. The molecule has 0 aliphatic rings. The summed E-state index contributed by atoms with van der Waals surface area (Å²) in [6.07, 6.45) is 5.97. The minimum Gasteiger partial charge on any atom is -0.294 e. The molecule has 1 rings (SSSR count). The Labute approximate surface area is 103 Å². The number of aryl methyl sites for hydroxylation is 1. The highest BCUT2D eigenvalue weighted by Gasteiger charge is 2.11. The lowest BCUT2D eigenvalue weighted by molar-refractivity contribution is 0.0975. The zero-order valence-corrected chi connectivity index (χ0v) is 10.8. The van der Waals surface area contributed by atoms with E-state index in [-0.39, 0.29) is 11.3 Å². The molecule has 0 radical (unpaired) electrons. The van der Waals surface area contributed by atoms with E-state index in [1.807, 2.05) is 6.92 Å². The summed E-state index contributed by atoms with van der Waals surface area (Å²) in [6, 6.07) is 4.71. The minimum absolute atomic E-state index is 0.0669. The molecule has 0 N–H and O–H groups in total. The number of hydrogen-bond donors (Lipinski definition) is 0. The number of halogens is 1. The van der Waals surface area contributed by atoms with Gasteiger partial charge in [-0.05, 0) is 25.5 Å². The van der Waals surface area contributed by atoms with Crippen molar-refractivity contribution >= 4 is 5.78 Å². The van der Waals surface area contributed by atoms with E-state index in [0.29, 0.717) is 6.42 Å². The van der Waals surface area contributed by atoms with Gasteiger partial charge in [-0.3, -0.25) is 4.79 Å². The molecule has 94 valence electrons. The normalized spacial score (nSPS) is 10.5. The molecule has 1 aromatic carbocycles. The average molecular weight is 236 g/mol. The Morgan fingerprint density at radius 3 is 2.59 bits per heavy atom. The molecule has 17 heavy (non-hydrogen) atoms. The third kappa shape index (κ3) is 4.68. The van der Waals surface area contributed by atoms with Crippen LogP contribution in [0.4, 0.5) is 4.39 Å². The summed E-state index contributed by atoms with van der Waals surface area (Å²) in [5.74, 6) is -0.461. The maximum Gasteiger partial charge on any atom is 0.165 e. The summed E-state index contributed by atoms with van der Waals surface area (Å²) in [5, 5.41) is 0. The largest absolute Gasteiger partial charge is 0.294 e. The summed E-state index contributed by atoms with van der Waals surface area (Å²) < 4.78 is 13.4. The zero-order chi connectivity index (χ0) is 12.7. The summed E-state index contributed by atoms with van der Waals surface area (Å²) in [6.45, 7) is 4.03. The van der Waals surface area contributed by atoms with Crippen LogP contribution in [0.2, 0.25) is 0 Å². The fourth-order valence-corrected chi connectivity index (χ4v) is 1.88. The SMILES string of the molecule is CCCCCCCC(=O)c1cc(C)ccc1F. The van der Waals surface area contributed by atoms with Gasteiger partial charge in [0, 0.05) is 6.42 Å². The Bertz CT molecular complexity index is 371. The van der Waals surface area contributed by atoms with Crippen molar-refractivity contribution in [2.75, 3.05) is 0 Å². The van der Waals surface area contributed by atoms with Gasteiger partial charge in [-0.25, -0.2) is 4.39 Å². The summed E-state index contributed by atoms with van der Waals surface area (Å²) >= 11 is 0. The standard InChI is InChI=1S/C15H21FO/c1-3-4-5-6-7-8-15(17)13-11-12(2)9-10-14(13)16/h9-11H,3-8H2,1-2H3. The molecule has 0 unspecified atom stereocenters. The van der Waals surface area contributed by atoms with Gasteiger partial charge in [-0.15, -0.1) is 0 Å². The van der Waals surface area contributed by atoms with Crippen LogP contribution in [-0.4, -0.2) is 5.78 Å². The second-order valence-electron chi connectivity index (χ2n) is 4.57. The van der Waals surface area contributed by atoms with E-state index in [9.17, 15) is 9.18 Å². The number of rotatable bonds is 7.